The second-order valence-corrected chi connectivity index (χ2v) is 3.83. The van der Waals surface area contributed by atoms with E-state index in [-0.39, 0.29) is 24.7 Å². The summed E-state index contributed by atoms with van der Waals surface area (Å²) in [4.78, 5) is 23.8. The Balaban J connectivity index is 2.30. The van der Waals surface area contributed by atoms with Gasteiger partial charge in [0.25, 0.3) is 0 Å². The molecule has 1 aromatic heterocycles. The van der Waals surface area contributed by atoms with Crippen molar-refractivity contribution in [2.45, 2.75) is 13.3 Å². The van der Waals surface area contributed by atoms with Crippen LogP contribution >= 0.6 is 0 Å². The van der Waals surface area contributed by atoms with Gasteiger partial charge in [0.1, 0.15) is 5.69 Å². The third-order valence-corrected chi connectivity index (χ3v) is 2.69. The van der Waals surface area contributed by atoms with Crippen LogP contribution in [-0.2, 0) is 9.59 Å². The standard InChI is InChI=1S/C9H12N4O3/c1-4-7(8(10)12-11-4)13-3-5(9(15)16)2-6(13)14/h5H,2-3H2,1H3,(H,15,16)(H3,10,11,12). The summed E-state index contributed by atoms with van der Waals surface area (Å²) in [5.41, 5.74) is 6.78. The van der Waals surface area contributed by atoms with Gasteiger partial charge >= 0.3 is 5.97 Å². The second-order valence-electron chi connectivity index (χ2n) is 3.83. The Hall–Kier alpha value is -2.05. The minimum absolute atomic E-state index is 0.0133. The van der Waals surface area contributed by atoms with E-state index < -0.39 is 11.9 Å². The van der Waals surface area contributed by atoms with Gasteiger partial charge in [0.2, 0.25) is 5.91 Å². The normalized spacial score (nSPS) is 20.4. The summed E-state index contributed by atoms with van der Waals surface area (Å²) in [7, 11) is 0. The van der Waals surface area contributed by atoms with Crippen molar-refractivity contribution >= 4 is 23.4 Å². The molecule has 0 bridgehead atoms. The Morgan fingerprint density at radius 1 is 1.69 bits per heavy atom. The maximum absolute atomic E-state index is 11.7. The molecular formula is C9H12N4O3. The van der Waals surface area contributed by atoms with Crippen molar-refractivity contribution in [2.75, 3.05) is 17.2 Å². The number of hydrogen-bond donors (Lipinski definition) is 3. The molecule has 0 aliphatic carbocycles. The number of aryl methyl sites for hydroxylation is 1. The number of carboxylic acids is 1. The molecule has 86 valence electrons. The molecule has 1 fully saturated rings. The van der Waals surface area contributed by atoms with Gasteiger partial charge in [-0.1, -0.05) is 0 Å². The first-order chi connectivity index (χ1) is 7.50. The van der Waals surface area contributed by atoms with E-state index in [0.29, 0.717) is 11.4 Å². The number of aliphatic carboxylic acids is 1. The molecule has 1 aliphatic heterocycles. The van der Waals surface area contributed by atoms with Crippen LogP contribution in [0.5, 0.6) is 0 Å². The van der Waals surface area contributed by atoms with Crippen molar-refractivity contribution in [2.24, 2.45) is 5.92 Å². The molecule has 16 heavy (non-hydrogen) atoms. The third-order valence-electron chi connectivity index (χ3n) is 2.69. The largest absolute Gasteiger partial charge is 0.481 e. The van der Waals surface area contributed by atoms with E-state index in [1.54, 1.807) is 6.92 Å². The molecule has 7 heteroatoms. The predicted molar refractivity (Wildman–Crippen MR) is 55.8 cm³/mol. The number of nitrogens with one attached hydrogen (secondary N) is 1. The minimum Gasteiger partial charge on any atom is -0.481 e. The van der Waals surface area contributed by atoms with E-state index in [4.69, 9.17) is 10.8 Å². The Morgan fingerprint density at radius 3 is 2.81 bits per heavy atom. The number of aromatic nitrogens is 2. The number of aromatic amines is 1. The Labute approximate surface area is 91.2 Å². The van der Waals surface area contributed by atoms with Crippen LogP contribution < -0.4 is 10.6 Å². The second kappa shape index (κ2) is 3.51. The third kappa shape index (κ3) is 1.50. The van der Waals surface area contributed by atoms with E-state index >= 15 is 0 Å². The van der Waals surface area contributed by atoms with Gasteiger partial charge in [-0.2, -0.15) is 5.10 Å². The van der Waals surface area contributed by atoms with Gasteiger partial charge < -0.3 is 15.7 Å². The average Bonchev–Trinajstić information content (AvgIpc) is 2.71. The highest BCUT2D eigenvalue weighted by molar-refractivity contribution is 6.01. The van der Waals surface area contributed by atoms with Gasteiger partial charge in [-0.15, -0.1) is 0 Å². The van der Waals surface area contributed by atoms with Crippen molar-refractivity contribution in [1.82, 2.24) is 10.2 Å². The van der Waals surface area contributed by atoms with Gasteiger partial charge in [0, 0.05) is 13.0 Å². The summed E-state index contributed by atoms with van der Waals surface area (Å²) in [6, 6.07) is 0. The minimum atomic E-state index is -0.962. The lowest BCUT2D eigenvalue weighted by Crippen LogP contribution is -2.26. The first kappa shape index (κ1) is 10.5. The molecule has 1 saturated heterocycles. The molecule has 2 heterocycles. The SMILES string of the molecule is Cc1[nH]nc(N)c1N1CC(C(=O)O)CC1=O. The van der Waals surface area contributed by atoms with Crippen LogP contribution in [0.15, 0.2) is 0 Å². The number of nitrogens with zero attached hydrogens (tertiary/aromatic N) is 2. The molecule has 7 nitrogen and oxygen atoms in total. The number of amides is 1. The number of carbonyl (C=O) groups is 2. The number of carboxylic acid groups (broad SMARTS) is 1. The van der Waals surface area contributed by atoms with Gasteiger partial charge in [-0.25, -0.2) is 0 Å². The molecule has 1 atom stereocenters. The molecule has 2 rings (SSSR count). The molecule has 1 aromatic rings. The molecule has 4 N–H and O–H groups in total. The molecule has 0 spiro atoms. The smallest absolute Gasteiger partial charge is 0.308 e. The lowest BCUT2D eigenvalue weighted by Gasteiger charge is -2.15. The summed E-state index contributed by atoms with van der Waals surface area (Å²) in [5.74, 6) is -1.64. The number of hydrogen-bond acceptors (Lipinski definition) is 4. The zero-order chi connectivity index (χ0) is 11.9. The van der Waals surface area contributed by atoms with Crippen LogP contribution in [0.3, 0.4) is 0 Å². The fourth-order valence-electron chi connectivity index (χ4n) is 1.87. The Morgan fingerprint density at radius 2 is 2.38 bits per heavy atom. The van der Waals surface area contributed by atoms with Crippen LogP contribution in [0.1, 0.15) is 12.1 Å². The number of H-pyrrole nitrogens is 1. The molecule has 0 aromatic carbocycles. The van der Waals surface area contributed by atoms with Gasteiger partial charge in [-0.3, -0.25) is 14.7 Å². The van der Waals surface area contributed by atoms with Crippen molar-refractivity contribution in [1.29, 1.82) is 0 Å². The van der Waals surface area contributed by atoms with Crippen LogP contribution in [0, 0.1) is 12.8 Å². The highest BCUT2D eigenvalue weighted by Crippen LogP contribution is 2.31. The highest BCUT2D eigenvalue weighted by Gasteiger charge is 2.37. The van der Waals surface area contributed by atoms with Crippen molar-refractivity contribution < 1.29 is 14.7 Å². The Kier molecular flexibility index (Phi) is 2.30. The zero-order valence-corrected chi connectivity index (χ0v) is 8.73. The quantitative estimate of drug-likeness (QED) is 0.640. The average molecular weight is 224 g/mol. The Bertz CT molecular complexity index is 434. The summed E-state index contributed by atoms with van der Waals surface area (Å²) in [6.07, 6.45) is 0.0133. The van der Waals surface area contributed by atoms with Crippen LogP contribution in [0.4, 0.5) is 11.5 Å². The van der Waals surface area contributed by atoms with E-state index in [0.717, 1.165) is 0 Å². The fourth-order valence-corrected chi connectivity index (χ4v) is 1.87. The molecule has 1 aliphatic rings. The monoisotopic (exact) mass is 224 g/mol. The molecule has 1 unspecified atom stereocenters. The van der Waals surface area contributed by atoms with Gasteiger partial charge in [0.15, 0.2) is 5.82 Å². The maximum atomic E-state index is 11.7. The van der Waals surface area contributed by atoms with Gasteiger partial charge in [-0.05, 0) is 6.92 Å². The molecular weight excluding hydrogens is 212 g/mol. The first-order valence-corrected chi connectivity index (χ1v) is 4.84. The lowest BCUT2D eigenvalue weighted by atomic mass is 10.1. The lowest BCUT2D eigenvalue weighted by molar-refractivity contribution is -0.141. The first-order valence-electron chi connectivity index (χ1n) is 4.84. The number of anilines is 2. The molecule has 0 radical (unpaired) electrons. The van der Waals surface area contributed by atoms with E-state index in [2.05, 4.69) is 10.2 Å². The maximum Gasteiger partial charge on any atom is 0.308 e. The van der Waals surface area contributed by atoms with Crippen molar-refractivity contribution in [3.63, 3.8) is 0 Å². The molecule has 1 amide bonds. The van der Waals surface area contributed by atoms with Crippen molar-refractivity contribution in [3.05, 3.63) is 5.69 Å². The summed E-state index contributed by atoms with van der Waals surface area (Å²) >= 11 is 0. The van der Waals surface area contributed by atoms with E-state index in [9.17, 15) is 9.59 Å². The van der Waals surface area contributed by atoms with E-state index in [1.807, 2.05) is 0 Å². The topological polar surface area (TPSA) is 112 Å². The number of nitrogens with two attached hydrogens (primary N) is 1. The summed E-state index contributed by atoms with van der Waals surface area (Å²) in [5, 5.41) is 15.3. The van der Waals surface area contributed by atoms with Crippen LogP contribution in [-0.4, -0.2) is 33.7 Å². The number of rotatable bonds is 2. The predicted octanol–water partition coefficient (Wildman–Crippen LogP) is -0.262. The van der Waals surface area contributed by atoms with Gasteiger partial charge in [0.05, 0.1) is 11.6 Å². The van der Waals surface area contributed by atoms with Crippen LogP contribution in [0.25, 0.3) is 0 Å². The molecule has 0 saturated carbocycles. The summed E-state index contributed by atoms with van der Waals surface area (Å²) < 4.78 is 0. The van der Waals surface area contributed by atoms with E-state index in [1.165, 1.54) is 4.90 Å². The van der Waals surface area contributed by atoms with Crippen molar-refractivity contribution in [3.8, 4) is 0 Å². The zero-order valence-electron chi connectivity index (χ0n) is 8.73. The van der Waals surface area contributed by atoms with Crippen LogP contribution in [0.2, 0.25) is 0 Å². The fraction of sp³-hybridized carbons (Fsp3) is 0.444. The highest BCUT2D eigenvalue weighted by atomic mass is 16.4. The number of carbonyl (C=O) groups excluding carboxylic acids is 1. The number of nitrogen functional groups attached to an aromatic ring is 1. The summed E-state index contributed by atoms with van der Waals surface area (Å²) in [6.45, 7) is 1.89.